The van der Waals surface area contributed by atoms with Crippen LogP contribution in [0, 0.1) is 0 Å². The maximum absolute atomic E-state index is 10.4. The summed E-state index contributed by atoms with van der Waals surface area (Å²) in [4.78, 5) is 14.3. The van der Waals surface area contributed by atoms with E-state index in [-0.39, 0.29) is 0 Å². The van der Waals surface area contributed by atoms with E-state index >= 15 is 0 Å². The molecular formula is C9H15N3O2S. The first-order valence-electron chi connectivity index (χ1n) is 4.72. The van der Waals surface area contributed by atoms with Gasteiger partial charge in [0.15, 0.2) is 0 Å². The van der Waals surface area contributed by atoms with E-state index in [4.69, 9.17) is 10.8 Å². The summed E-state index contributed by atoms with van der Waals surface area (Å²) in [5.41, 5.74) is 5.37. The zero-order chi connectivity index (χ0) is 11.1. The van der Waals surface area contributed by atoms with Gasteiger partial charge in [-0.15, -0.1) is 0 Å². The Balaban J connectivity index is 2.00. The van der Waals surface area contributed by atoms with Crippen molar-refractivity contribution in [2.45, 2.75) is 19.0 Å². The van der Waals surface area contributed by atoms with Gasteiger partial charge in [0.05, 0.1) is 6.33 Å². The largest absolute Gasteiger partial charge is 0.480 e. The monoisotopic (exact) mass is 229 g/mol. The molecule has 0 aromatic carbocycles. The molecule has 0 aliphatic heterocycles. The van der Waals surface area contributed by atoms with Crippen LogP contribution in [0.4, 0.5) is 0 Å². The lowest BCUT2D eigenvalue weighted by Crippen LogP contribution is -2.30. The minimum Gasteiger partial charge on any atom is -0.480 e. The van der Waals surface area contributed by atoms with Gasteiger partial charge in [-0.3, -0.25) is 4.79 Å². The van der Waals surface area contributed by atoms with E-state index in [1.54, 1.807) is 24.3 Å². The number of imidazole rings is 1. The van der Waals surface area contributed by atoms with Crippen LogP contribution in [0.15, 0.2) is 18.7 Å². The number of aromatic nitrogens is 2. The van der Waals surface area contributed by atoms with Gasteiger partial charge in [0.25, 0.3) is 0 Å². The predicted molar refractivity (Wildman–Crippen MR) is 59.8 cm³/mol. The van der Waals surface area contributed by atoms with Crippen molar-refractivity contribution in [3.05, 3.63) is 18.7 Å². The average molecular weight is 229 g/mol. The molecule has 1 heterocycles. The maximum atomic E-state index is 10.4. The number of aryl methyl sites for hydroxylation is 1. The quantitative estimate of drug-likeness (QED) is 0.662. The lowest BCUT2D eigenvalue weighted by Gasteiger charge is -2.05. The first-order chi connectivity index (χ1) is 7.20. The van der Waals surface area contributed by atoms with Crippen LogP contribution in [0.5, 0.6) is 0 Å². The third-order valence-electron chi connectivity index (χ3n) is 1.94. The van der Waals surface area contributed by atoms with Crippen LogP contribution in [0.1, 0.15) is 6.42 Å². The lowest BCUT2D eigenvalue weighted by molar-refractivity contribution is -0.138. The van der Waals surface area contributed by atoms with Crippen LogP contribution in [0.2, 0.25) is 0 Å². The summed E-state index contributed by atoms with van der Waals surface area (Å²) in [6.45, 7) is 0.896. The highest BCUT2D eigenvalue weighted by Gasteiger charge is 2.09. The first-order valence-corrected chi connectivity index (χ1v) is 5.87. The molecule has 0 saturated carbocycles. The van der Waals surface area contributed by atoms with Crippen molar-refractivity contribution in [3.63, 3.8) is 0 Å². The Hall–Kier alpha value is -1.01. The van der Waals surface area contributed by atoms with E-state index in [1.807, 2.05) is 10.8 Å². The van der Waals surface area contributed by atoms with Crippen molar-refractivity contribution in [2.24, 2.45) is 5.73 Å². The molecular weight excluding hydrogens is 214 g/mol. The third-order valence-corrected chi connectivity index (χ3v) is 2.94. The highest BCUT2D eigenvalue weighted by atomic mass is 32.2. The molecule has 3 N–H and O–H groups in total. The summed E-state index contributed by atoms with van der Waals surface area (Å²) >= 11 is 1.71. The maximum Gasteiger partial charge on any atom is 0.320 e. The summed E-state index contributed by atoms with van der Waals surface area (Å²) in [6, 6.07) is -0.731. The van der Waals surface area contributed by atoms with Crippen molar-refractivity contribution in [1.82, 2.24) is 9.55 Å². The Bertz CT molecular complexity index is 290. The van der Waals surface area contributed by atoms with Crippen molar-refractivity contribution in [3.8, 4) is 0 Å². The van der Waals surface area contributed by atoms with Gasteiger partial charge in [-0.05, 0) is 12.2 Å². The minimum absolute atomic E-state index is 0.518. The van der Waals surface area contributed by atoms with Gasteiger partial charge in [0.2, 0.25) is 0 Å². The summed E-state index contributed by atoms with van der Waals surface area (Å²) in [5.74, 6) is 0.801. The number of hydrogen-bond acceptors (Lipinski definition) is 4. The van der Waals surface area contributed by atoms with Crippen LogP contribution in [-0.2, 0) is 11.3 Å². The second kappa shape index (κ2) is 6.47. The van der Waals surface area contributed by atoms with Gasteiger partial charge in [-0.2, -0.15) is 11.8 Å². The Labute approximate surface area is 92.7 Å². The molecule has 6 heteroatoms. The fourth-order valence-corrected chi connectivity index (χ4v) is 1.99. The molecule has 5 nitrogen and oxygen atoms in total. The SMILES string of the molecule is NC(CCSCCn1ccnc1)C(=O)O. The molecule has 1 aromatic rings. The first kappa shape index (κ1) is 12.1. The van der Waals surface area contributed by atoms with Crippen LogP contribution >= 0.6 is 11.8 Å². The van der Waals surface area contributed by atoms with Crippen molar-refractivity contribution in [2.75, 3.05) is 11.5 Å². The molecule has 1 atom stereocenters. The van der Waals surface area contributed by atoms with Gasteiger partial charge < -0.3 is 15.4 Å². The van der Waals surface area contributed by atoms with Gasteiger partial charge in [-0.25, -0.2) is 4.98 Å². The van der Waals surface area contributed by atoms with Crippen LogP contribution < -0.4 is 5.73 Å². The summed E-state index contributed by atoms with van der Waals surface area (Å²) < 4.78 is 1.99. The number of aliphatic carboxylic acids is 1. The molecule has 0 amide bonds. The molecule has 1 rings (SSSR count). The molecule has 0 bridgehead atoms. The number of thioether (sulfide) groups is 1. The summed E-state index contributed by atoms with van der Waals surface area (Å²) in [6.07, 6.45) is 5.93. The summed E-state index contributed by atoms with van der Waals surface area (Å²) in [5, 5.41) is 8.54. The smallest absolute Gasteiger partial charge is 0.320 e. The van der Waals surface area contributed by atoms with Crippen molar-refractivity contribution < 1.29 is 9.90 Å². The highest BCUT2D eigenvalue weighted by Crippen LogP contribution is 2.05. The molecule has 0 fully saturated rings. The standard InChI is InChI=1S/C9H15N3O2S/c10-8(9(13)14)1-5-15-6-4-12-3-2-11-7-12/h2-3,7-8H,1,4-6,10H2,(H,13,14). The van der Waals surface area contributed by atoms with Crippen LogP contribution in [0.25, 0.3) is 0 Å². The Morgan fingerprint density at radius 3 is 3.00 bits per heavy atom. The molecule has 0 radical (unpaired) electrons. The number of rotatable bonds is 7. The number of nitrogens with two attached hydrogens (primary N) is 1. The fraction of sp³-hybridized carbons (Fsp3) is 0.556. The number of carboxylic acids is 1. The van der Waals surface area contributed by atoms with Gasteiger partial charge in [0, 0.05) is 24.7 Å². The van der Waals surface area contributed by atoms with Crippen LogP contribution in [0.3, 0.4) is 0 Å². The van der Waals surface area contributed by atoms with E-state index in [2.05, 4.69) is 4.98 Å². The van der Waals surface area contributed by atoms with Crippen molar-refractivity contribution in [1.29, 1.82) is 0 Å². The second-order valence-corrected chi connectivity index (χ2v) is 4.37. The number of carboxylic acid groups (broad SMARTS) is 1. The number of carbonyl (C=O) groups is 1. The Morgan fingerprint density at radius 2 is 2.40 bits per heavy atom. The third kappa shape index (κ3) is 4.85. The molecule has 15 heavy (non-hydrogen) atoms. The van der Waals surface area contributed by atoms with Gasteiger partial charge in [-0.1, -0.05) is 0 Å². The minimum atomic E-state index is -0.926. The fourth-order valence-electron chi connectivity index (χ4n) is 1.02. The lowest BCUT2D eigenvalue weighted by atomic mass is 10.2. The van der Waals surface area contributed by atoms with Gasteiger partial charge >= 0.3 is 5.97 Å². The molecule has 0 aliphatic carbocycles. The van der Waals surface area contributed by atoms with Crippen molar-refractivity contribution >= 4 is 17.7 Å². The zero-order valence-corrected chi connectivity index (χ0v) is 9.19. The van der Waals surface area contributed by atoms with Crippen LogP contribution in [-0.4, -0.2) is 38.2 Å². The van der Waals surface area contributed by atoms with Gasteiger partial charge in [0.1, 0.15) is 6.04 Å². The molecule has 0 spiro atoms. The molecule has 0 saturated heterocycles. The Morgan fingerprint density at radius 1 is 1.60 bits per heavy atom. The van der Waals surface area contributed by atoms with E-state index in [9.17, 15) is 4.79 Å². The highest BCUT2D eigenvalue weighted by molar-refractivity contribution is 7.99. The Kier molecular flexibility index (Phi) is 5.20. The predicted octanol–water partition coefficient (Wildman–Crippen LogP) is 0.418. The van der Waals surface area contributed by atoms with E-state index in [0.717, 1.165) is 18.1 Å². The topological polar surface area (TPSA) is 81.1 Å². The molecule has 1 unspecified atom stereocenters. The normalized spacial score (nSPS) is 12.6. The van der Waals surface area contributed by atoms with E-state index in [1.165, 1.54) is 0 Å². The summed E-state index contributed by atoms with van der Waals surface area (Å²) in [7, 11) is 0. The zero-order valence-electron chi connectivity index (χ0n) is 8.37. The molecule has 84 valence electrons. The average Bonchev–Trinajstić information content (AvgIpc) is 2.69. The molecule has 0 aliphatic rings. The van der Waals surface area contributed by atoms with E-state index in [0.29, 0.717) is 6.42 Å². The van der Waals surface area contributed by atoms with E-state index < -0.39 is 12.0 Å². The second-order valence-electron chi connectivity index (χ2n) is 3.15. The molecule has 1 aromatic heterocycles. The number of hydrogen-bond donors (Lipinski definition) is 2. The number of nitrogens with zero attached hydrogens (tertiary/aromatic N) is 2.